The van der Waals surface area contributed by atoms with Gasteiger partial charge in [0.05, 0.1) is 11.2 Å². The van der Waals surface area contributed by atoms with E-state index in [9.17, 15) is 0 Å². The molecule has 0 aliphatic heterocycles. The first-order valence-corrected chi connectivity index (χ1v) is 6.65. The number of hydrogen-bond donors (Lipinski definition) is 0. The Labute approximate surface area is 114 Å². The first-order valence-electron chi connectivity index (χ1n) is 6.65. The number of hydrogen-bond acceptors (Lipinski definition) is 1. The highest BCUT2D eigenvalue weighted by molar-refractivity contribution is 5.97. The zero-order valence-electron chi connectivity index (χ0n) is 11.2. The number of nitrogens with zero attached hydrogens (tertiary/aromatic N) is 1. The molecule has 0 spiro atoms. The van der Waals surface area contributed by atoms with Crippen LogP contribution in [0.1, 0.15) is 30.2 Å². The lowest BCUT2D eigenvalue weighted by molar-refractivity contribution is 1.07. The van der Waals surface area contributed by atoms with E-state index >= 15 is 0 Å². The van der Waals surface area contributed by atoms with Crippen LogP contribution >= 0.6 is 0 Å². The van der Waals surface area contributed by atoms with E-state index in [1.165, 1.54) is 22.1 Å². The summed E-state index contributed by atoms with van der Waals surface area (Å²) in [5.74, 6) is 0. The average molecular weight is 247 g/mol. The summed E-state index contributed by atoms with van der Waals surface area (Å²) in [6.07, 6.45) is 6.14. The molecule has 0 atom stereocenters. The molecule has 0 unspecified atom stereocenters. The summed E-state index contributed by atoms with van der Waals surface area (Å²) < 4.78 is 0. The van der Waals surface area contributed by atoms with Gasteiger partial charge in [0.2, 0.25) is 0 Å². The smallest absolute Gasteiger partial charge is 0.0715 e. The summed E-state index contributed by atoms with van der Waals surface area (Å²) >= 11 is 0. The van der Waals surface area contributed by atoms with Gasteiger partial charge < -0.3 is 0 Å². The average Bonchev–Trinajstić information content (AvgIpc) is 2.86. The van der Waals surface area contributed by atoms with E-state index in [4.69, 9.17) is 4.98 Å². The Morgan fingerprint density at radius 3 is 2.79 bits per heavy atom. The first kappa shape index (κ1) is 11.9. The van der Waals surface area contributed by atoms with Crippen LogP contribution in [0.2, 0.25) is 0 Å². The van der Waals surface area contributed by atoms with E-state index in [1.807, 2.05) is 12.1 Å². The molecule has 1 aliphatic carbocycles. The van der Waals surface area contributed by atoms with Gasteiger partial charge in [-0.05, 0) is 48.1 Å². The predicted octanol–water partition coefficient (Wildman–Crippen LogP) is 4.78. The second kappa shape index (κ2) is 4.51. The lowest BCUT2D eigenvalue weighted by atomic mass is 9.95. The van der Waals surface area contributed by atoms with Crippen molar-refractivity contribution >= 4 is 22.0 Å². The molecule has 0 N–H and O–H groups in total. The first-order chi connectivity index (χ1) is 9.26. The van der Waals surface area contributed by atoms with E-state index in [2.05, 4.69) is 44.4 Å². The molecule has 3 rings (SSSR count). The summed E-state index contributed by atoms with van der Waals surface area (Å²) in [5.41, 5.74) is 7.09. The minimum Gasteiger partial charge on any atom is -0.248 e. The van der Waals surface area contributed by atoms with Crippen molar-refractivity contribution in [1.29, 1.82) is 0 Å². The van der Waals surface area contributed by atoms with Gasteiger partial charge in [-0.1, -0.05) is 43.5 Å². The van der Waals surface area contributed by atoms with Crippen molar-refractivity contribution in [3.05, 3.63) is 66.4 Å². The summed E-state index contributed by atoms with van der Waals surface area (Å²) in [4.78, 5) is 4.84. The van der Waals surface area contributed by atoms with Crippen LogP contribution in [0.5, 0.6) is 0 Å². The van der Waals surface area contributed by atoms with Gasteiger partial charge >= 0.3 is 0 Å². The molecule has 0 amide bonds. The third-order valence-electron chi connectivity index (χ3n) is 3.86. The third-order valence-corrected chi connectivity index (χ3v) is 3.86. The van der Waals surface area contributed by atoms with Crippen molar-refractivity contribution in [2.24, 2.45) is 0 Å². The molecule has 0 bridgehead atoms. The molecule has 1 aromatic carbocycles. The molecule has 1 heteroatoms. The molecule has 1 nitrogen and oxygen atoms in total. The summed E-state index contributed by atoms with van der Waals surface area (Å²) in [6.45, 7) is 10.1. The van der Waals surface area contributed by atoms with E-state index in [0.29, 0.717) is 0 Å². The number of aromatic nitrogens is 1. The van der Waals surface area contributed by atoms with E-state index in [-0.39, 0.29) is 0 Å². The summed E-state index contributed by atoms with van der Waals surface area (Å²) in [5, 5.41) is 1.18. The van der Waals surface area contributed by atoms with Gasteiger partial charge in [-0.3, -0.25) is 0 Å². The Hall–Kier alpha value is -2.15. The van der Waals surface area contributed by atoms with Gasteiger partial charge in [-0.15, -0.1) is 0 Å². The number of benzene rings is 1. The molecule has 2 aromatic rings. The predicted molar refractivity (Wildman–Crippen MR) is 82.9 cm³/mol. The fourth-order valence-corrected chi connectivity index (χ4v) is 2.89. The second-order valence-electron chi connectivity index (χ2n) is 4.87. The van der Waals surface area contributed by atoms with Gasteiger partial charge in [-0.25, -0.2) is 4.98 Å². The van der Waals surface area contributed by atoms with Crippen molar-refractivity contribution in [2.45, 2.75) is 19.8 Å². The van der Waals surface area contributed by atoms with Crippen molar-refractivity contribution in [1.82, 2.24) is 4.98 Å². The van der Waals surface area contributed by atoms with Crippen LogP contribution in [0, 0.1) is 0 Å². The standard InChI is InChI=1S/C18H17N/c1-4-12(3)17-14-8-6-7-9-16(14)19-18-13(5-2)10-11-15(17)18/h4-9H,1,3,10-11H2,2H3/b13-5+. The summed E-state index contributed by atoms with van der Waals surface area (Å²) in [7, 11) is 0. The van der Waals surface area contributed by atoms with E-state index < -0.39 is 0 Å². The minimum absolute atomic E-state index is 0.993. The molecule has 1 heterocycles. The fourth-order valence-electron chi connectivity index (χ4n) is 2.89. The maximum Gasteiger partial charge on any atom is 0.0715 e. The highest BCUT2D eigenvalue weighted by Crippen LogP contribution is 2.38. The Bertz CT molecular complexity index is 720. The van der Waals surface area contributed by atoms with E-state index in [0.717, 1.165) is 29.6 Å². The van der Waals surface area contributed by atoms with Crippen LogP contribution in [0.25, 0.3) is 22.0 Å². The van der Waals surface area contributed by atoms with Crippen molar-refractivity contribution in [2.75, 3.05) is 0 Å². The van der Waals surface area contributed by atoms with Crippen LogP contribution < -0.4 is 0 Å². The SMILES string of the molecule is C=CC(=C)c1c2c(nc3ccccc13)/C(=C/C)CC2. The number of allylic oxidation sites excluding steroid dienone is 4. The molecule has 0 radical (unpaired) electrons. The normalized spacial score (nSPS) is 15.7. The molecule has 19 heavy (non-hydrogen) atoms. The van der Waals surface area contributed by atoms with Crippen LogP contribution in [-0.4, -0.2) is 4.98 Å². The van der Waals surface area contributed by atoms with Gasteiger partial charge in [0.25, 0.3) is 0 Å². The molecule has 1 aromatic heterocycles. The second-order valence-corrected chi connectivity index (χ2v) is 4.87. The Morgan fingerprint density at radius 2 is 2.05 bits per heavy atom. The lowest BCUT2D eigenvalue weighted by Crippen LogP contribution is -1.96. The molecule has 0 saturated carbocycles. The maximum atomic E-state index is 4.84. The largest absolute Gasteiger partial charge is 0.248 e. The minimum atomic E-state index is 0.993. The zero-order valence-corrected chi connectivity index (χ0v) is 11.2. The van der Waals surface area contributed by atoms with Crippen molar-refractivity contribution in [3.8, 4) is 0 Å². The third kappa shape index (κ3) is 1.74. The monoisotopic (exact) mass is 247 g/mol. The lowest BCUT2D eigenvalue weighted by Gasteiger charge is -2.12. The highest BCUT2D eigenvalue weighted by atomic mass is 14.7. The van der Waals surface area contributed by atoms with Crippen LogP contribution in [0.4, 0.5) is 0 Å². The number of para-hydroxylation sites is 1. The van der Waals surface area contributed by atoms with Crippen LogP contribution in [0.3, 0.4) is 0 Å². The van der Waals surface area contributed by atoms with Crippen molar-refractivity contribution < 1.29 is 0 Å². The zero-order chi connectivity index (χ0) is 13.4. The fraction of sp³-hybridized carbons (Fsp3) is 0.167. The Balaban J connectivity index is 2.44. The topological polar surface area (TPSA) is 12.9 Å². The quantitative estimate of drug-likeness (QED) is 0.696. The molecule has 1 aliphatic rings. The van der Waals surface area contributed by atoms with Crippen LogP contribution in [-0.2, 0) is 6.42 Å². The molecule has 94 valence electrons. The Kier molecular flexibility index (Phi) is 2.83. The van der Waals surface area contributed by atoms with E-state index in [1.54, 1.807) is 0 Å². The maximum absolute atomic E-state index is 4.84. The number of pyridine rings is 1. The molecular weight excluding hydrogens is 230 g/mol. The van der Waals surface area contributed by atoms with Crippen molar-refractivity contribution in [3.63, 3.8) is 0 Å². The Morgan fingerprint density at radius 1 is 1.26 bits per heavy atom. The molecule has 0 saturated heterocycles. The molecular formula is C18H17N. The number of rotatable bonds is 2. The van der Waals surface area contributed by atoms with Gasteiger partial charge in [-0.2, -0.15) is 0 Å². The van der Waals surface area contributed by atoms with Gasteiger partial charge in [0, 0.05) is 5.39 Å². The van der Waals surface area contributed by atoms with Crippen LogP contribution in [0.15, 0.2) is 49.6 Å². The van der Waals surface area contributed by atoms with Gasteiger partial charge in [0.1, 0.15) is 0 Å². The number of fused-ring (bicyclic) bond motifs is 2. The molecule has 0 fully saturated rings. The highest BCUT2D eigenvalue weighted by Gasteiger charge is 2.23. The summed E-state index contributed by atoms with van der Waals surface area (Å²) in [6, 6.07) is 8.29. The van der Waals surface area contributed by atoms with Gasteiger partial charge in [0.15, 0.2) is 0 Å².